The average molecular weight is 742 g/mol. The Balaban J connectivity index is 2.63. The van der Waals surface area contributed by atoms with E-state index in [4.69, 9.17) is 9.05 Å². The smallest absolute Gasteiger partial charge is 0.393 e. The molecule has 9 N–H and O–H groups in total. The molecule has 8 unspecified atom stereocenters. The van der Waals surface area contributed by atoms with E-state index in [1.54, 1.807) is 0 Å². The first-order valence-corrected chi connectivity index (χ1v) is 21.1. The van der Waals surface area contributed by atoms with Crippen LogP contribution in [-0.4, -0.2) is 108 Å². The lowest BCUT2D eigenvalue weighted by molar-refractivity contribution is -0.220. The number of phosphoric ester groups is 1. The molecule has 0 aromatic rings. The summed E-state index contributed by atoms with van der Waals surface area (Å²) < 4.78 is 22.7. The zero-order chi connectivity index (χ0) is 37.4. The van der Waals surface area contributed by atoms with Crippen molar-refractivity contribution >= 4 is 13.7 Å². The normalized spacial score (nSPS) is 25.6. The van der Waals surface area contributed by atoms with Gasteiger partial charge in [-0.25, -0.2) is 4.57 Å². The van der Waals surface area contributed by atoms with Gasteiger partial charge in [-0.3, -0.25) is 13.8 Å². The van der Waals surface area contributed by atoms with E-state index in [-0.39, 0.29) is 12.8 Å². The Labute approximate surface area is 300 Å². The van der Waals surface area contributed by atoms with Gasteiger partial charge in [0.05, 0.1) is 31.3 Å². The highest BCUT2D eigenvalue weighted by Crippen LogP contribution is 2.47. The summed E-state index contributed by atoms with van der Waals surface area (Å²) in [5.74, 6) is -0.563. The molecule has 13 nitrogen and oxygen atoms in total. The lowest BCUT2D eigenvalue weighted by Crippen LogP contribution is -2.64. The van der Waals surface area contributed by atoms with Gasteiger partial charge >= 0.3 is 7.82 Å². The van der Waals surface area contributed by atoms with Crippen molar-refractivity contribution in [1.82, 2.24) is 5.32 Å². The Morgan fingerprint density at radius 3 is 1.44 bits per heavy atom. The van der Waals surface area contributed by atoms with Gasteiger partial charge in [0.15, 0.2) is 0 Å². The number of hydrogen-bond donors (Lipinski definition) is 9. The van der Waals surface area contributed by atoms with Gasteiger partial charge in [0.2, 0.25) is 5.91 Å². The minimum atomic E-state index is -5.10. The largest absolute Gasteiger partial charge is 0.472 e. The Kier molecular flexibility index (Phi) is 26.3. The number of nitrogens with one attached hydrogen (secondary N) is 1. The van der Waals surface area contributed by atoms with Gasteiger partial charge in [-0.1, -0.05) is 142 Å². The predicted molar refractivity (Wildman–Crippen MR) is 192 cm³/mol. The molecule has 0 aliphatic heterocycles. The molecule has 50 heavy (non-hydrogen) atoms. The second-order valence-corrected chi connectivity index (χ2v) is 15.7. The van der Waals surface area contributed by atoms with Crippen LogP contribution in [0.1, 0.15) is 162 Å². The zero-order valence-corrected chi connectivity index (χ0v) is 31.7. The van der Waals surface area contributed by atoms with E-state index in [0.717, 1.165) is 51.4 Å². The van der Waals surface area contributed by atoms with Crippen LogP contribution in [-0.2, 0) is 18.4 Å². The highest BCUT2D eigenvalue weighted by atomic mass is 31.2. The summed E-state index contributed by atoms with van der Waals surface area (Å²) in [5, 5.41) is 74.1. The standard InChI is InChI=1S/C36H72NO12P/c1-3-5-7-9-11-13-14-15-16-18-20-22-24-29(39)28(37-30(40)25-27(38)23-21-19-17-12-10-8-6-4-2)26-48-50(46,47)49-36-34(44)32(42)31(41)33(43)35(36)45/h27-29,31-36,38-39,41-45H,3-26H2,1-2H3,(H,37,40)(H,46,47). The van der Waals surface area contributed by atoms with E-state index < -0.39 is 75.2 Å². The Morgan fingerprint density at radius 2 is 1.00 bits per heavy atom. The summed E-state index contributed by atoms with van der Waals surface area (Å²) in [6, 6.07) is -1.14. The van der Waals surface area contributed by atoms with Gasteiger partial charge in [-0.2, -0.15) is 0 Å². The SMILES string of the molecule is CCCCCCCCCCCCCCC(O)C(COP(=O)(O)OC1C(O)C(O)C(O)C(O)C1O)NC(=O)CC(O)CCCCCCCCCC. The molecule has 1 aliphatic carbocycles. The van der Waals surface area contributed by atoms with E-state index in [9.17, 15) is 50.0 Å². The van der Waals surface area contributed by atoms with Crippen LogP contribution in [0.5, 0.6) is 0 Å². The average Bonchev–Trinajstić information content (AvgIpc) is 3.08. The molecule has 1 amide bonds. The summed E-state index contributed by atoms with van der Waals surface area (Å²) in [6.45, 7) is 3.71. The number of hydrogen-bond acceptors (Lipinski definition) is 11. The van der Waals surface area contributed by atoms with E-state index in [1.807, 2.05) is 0 Å². The fourth-order valence-electron chi connectivity index (χ4n) is 6.42. The van der Waals surface area contributed by atoms with E-state index in [0.29, 0.717) is 12.8 Å². The van der Waals surface area contributed by atoms with Crippen molar-refractivity contribution in [2.45, 2.75) is 216 Å². The van der Waals surface area contributed by atoms with Crippen molar-refractivity contribution < 1.29 is 59.0 Å². The quantitative estimate of drug-likeness (QED) is 0.0353. The molecule has 1 aliphatic rings. The molecule has 0 heterocycles. The minimum Gasteiger partial charge on any atom is -0.393 e. The number of aliphatic hydroxyl groups is 7. The number of phosphoric acid groups is 1. The van der Waals surface area contributed by atoms with Crippen molar-refractivity contribution in [3.63, 3.8) is 0 Å². The number of aliphatic hydroxyl groups excluding tert-OH is 7. The first kappa shape index (κ1) is 47.3. The third-order valence-corrected chi connectivity index (χ3v) is 10.7. The molecule has 0 radical (unpaired) electrons. The first-order chi connectivity index (χ1) is 23.8. The van der Waals surface area contributed by atoms with Gasteiger partial charge < -0.3 is 46.0 Å². The summed E-state index contributed by atoms with van der Waals surface area (Å²) >= 11 is 0. The van der Waals surface area contributed by atoms with Gasteiger partial charge in [0.25, 0.3) is 0 Å². The molecule has 0 saturated heterocycles. The van der Waals surface area contributed by atoms with Crippen LogP contribution in [0.2, 0.25) is 0 Å². The van der Waals surface area contributed by atoms with Crippen LogP contribution in [0.4, 0.5) is 0 Å². The third-order valence-electron chi connectivity index (χ3n) is 9.72. The van der Waals surface area contributed by atoms with Gasteiger partial charge in [-0.15, -0.1) is 0 Å². The molecule has 0 aromatic carbocycles. The fraction of sp³-hybridized carbons (Fsp3) is 0.972. The summed E-state index contributed by atoms with van der Waals surface area (Å²) in [4.78, 5) is 23.2. The van der Waals surface area contributed by atoms with E-state index in [2.05, 4.69) is 19.2 Å². The number of carbonyl (C=O) groups excluding carboxylic acids is 1. The minimum absolute atomic E-state index is 0.218. The first-order valence-electron chi connectivity index (χ1n) is 19.6. The highest BCUT2D eigenvalue weighted by Gasteiger charge is 2.51. The maximum absolute atomic E-state index is 12.9. The molecule has 8 atom stereocenters. The predicted octanol–water partition coefficient (Wildman–Crippen LogP) is 4.53. The summed E-state index contributed by atoms with van der Waals surface area (Å²) in [5.41, 5.74) is 0. The van der Waals surface area contributed by atoms with Crippen LogP contribution in [0.15, 0.2) is 0 Å². The number of unbranched alkanes of at least 4 members (excludes halogenated alkanes) is 18. The maximum Gasteiger partial charge on any atom is 0.472 e. The van der Waals surface area contributed by atoms with Gasteiger partial charge in [-0.05, 0) is 12.8 Å². The summed E-state index contributed by atoms with van der Waals surface area (Å²) in [7, 11) is -5.10. The van der Waals surface area contributed by atoms with Crippen molar-refractivity contribution in [3.05, 3.63) is 0 Å². The Hall–Kier alpha value is -0.700. The topological polar surface area (TPSA) is 226 Å². The van der Waals surface area contributed by atoms with Crippen LogP contribution in [0, 0.1) is 0 Å². The second kappa shape index (κ2) is 27.8. The molecular weight excluding hydrogens is 669 g/mol. The number of rotatable bonds is 31. The van der Waals surface area contributed by atoms with Gasteiger partial charge in [0, 0.05) is 0 Å². The van der Waals surface area contributed by atoms with Gasteiger partial charge in [0.1, 0.15) is 36.6 Å². The molecule has 298 valence electrons. The van der Waals surface area contributed by atoms with E-state index >= 15 is 0 Å². The molecule has 1 rings (SSSR count). The molecule has 0 aromatic heterocycles. The molecule has 0 spiro atoms. The maximum atomic E-state index is 12.9. The fourth-order valence-corrected chi connectivity index (χ4v) is 7.39. The second-order valence-electron chi connectivity index (χ2n) is 14.3. The van der Waals surface area contributed by atoms with Crippen molar-refractivity contribution in [2.75, 3.05) is 6.61 Å². The third kappa shape index (κ3) is 20.5. The number of carbonyl (C=O) groups is 1. The molecular formula is C36H72NO12P. The monoisotopic (exact) mass is 741 g/mol. The van der Waals surface area contributed by atoms with Crippen LogP contribution < -0.4 is 5.32 Å². The lowest BCUT2D eigenvalue weighted by Gasteiger charge is -2.41. The van der Waals surface area contributed by atoms with Crippen LogP contribution in [0.25, 0.3) is 0 Å². The lowest BCUT2D eigenvalue weighted by atomic mass is 9.85. The molecule has 1 fully saturated rings. The van der Waals surface area contributed by atoms with Crippen LogP contribution >= 0.6 is 7.82 Å². The Bertz CT molecular complexity index is 885. The Morgan fingerprint density at radius 1 is 0.620 bits per heavy atom. The molecule has 0 bridgehead atoms. The molecule has 1 saturated carbocycles. The highest BCUT2D eigenvalue weighted by molar-refractivity contribution is 7.47. The van der Waals surface area contributed by atoms with Crippen LogP contribution in [0.3, 0.4) is 0 Å². The zero-order valence-electron chi connectivity index (χ0n) is 30.8. The van der Waals surface area contributed by atoms with Crippen molar-refractivity contribution in [1.29, 1.82) is 0 Å². The van der Waals surface area contributed by atoms with Crippen molar-refractivity contribution in [3.8, 4) is 0 Å². The molecule has 14 heteroatoms. The summed E-state index contributed by atoms with van der Waals surface area (Å²) in [6.07, 6.45) is 9.04. The van der Waals surface area contributed by atoms with E-state index in [1.165, 1.54) is 70.6 Å². The van der Waals surface area contributed by atoms with Crippen molar-refractivity contribution in [2.24, 2.45) is 0 Å². The number of amides is 1.